The lowest BCUT2D eigenvalue weighted by atomic mass is 9.74. The van der Waals surface area contributed by atoms with Crippen LogP contribution < -0.4 is 4.74 Å². The van der Waals surface area contributed by atoms with Crippen molar-refractivity contribution in [3.8, 4) is 5.75 Å². The molecule has 0 amide bonds. The van der Waals surface area contributed by atoms with Crippen LogP contribution in [0.1, 0.15) is 84.0 Å². The summed E-state index contributed by atoms with van der Waals surface area (Å²) in [5.74, 6) is -3.41. The quantitative estimate of drug-likeness (QED) is 0.249. The summed E-state index contributed by atoms with van der Waals surface area (Å²) in [5.41, 5.74) is 1.48. The highest BCUT2D eigenvalue weighted by Gasteiger charge is 2.34. The minimum Gasteiger partial charge on any atom is -0.498 e. The Morgan fingerprint density at radius 3 is 2.21 bits per heavy atom. The average Bonchev–Trinajstić information content (AvgIpc) is 2.83. The van der Waals surface area contributed by atoms with Crippen molar-refractivity contribution < 1.29 is 27.4 Å². The molecule has 1 aromatic rings. The van der Waals surface area contributed by atoms with E-state index in [0.717, 1.165) is 31.6 Å². The molecule has 1 heterocycles. The standard InChI is InChI=1S/C27H35F3O3/c1-2-3-17-4-6-18(7-5-17)21-12-13-25(32-16-21)19-8-10-20(11-9-19)27(31)33-22-14-23(28)26(30)24(29)15-22/h14-20,25H,2-13H2,1H3. The van der Waals surface area contributed by atoms with Crippen LogP contribution in [0, 0.1) is 41.1 Å². The zero-order valence-corrected chi connectivity index (χ0v) is 19.5. The monoisotopic (exact) mass is 464 g/mol. The van der Waals surface area contributed by atoms with Crippen molar-refractivity contribution in [3.63, 3.8) is 0 Å². The maximum atomic E-state index is 13.4. The van der Waals surface area contributed by atoms with Gasteiger partial charge in [0.25, 0.3) is 0 Å². The molecule has 2 fully saturated rings. The van der Waals surface area contributed by atoms with Gasteiger partial charge in [0, 0.05) is 12.1 Å². The van der Waals surface area contributed by atoms with Crippen LogP contribution in [0.3, 0.4) is 0 Å². The molecule has 2 saturated carbocycles. The molecule has 3 nitrogen and oxygen atoms in total. The molecule has 1 aromatic carbocycles. The summed E-state index contributed by atoms with van der Waals surface area (Å²) in [6.07, 6.45) is 15.3. The molecule has 0 radical (unpaired) electrons. The number of esters is 1. The van der Waals surface area contributed by atoms with Gasteiger partial charge in [-0.25, -0.2) is 13.2 Å². The second-order valence-electron chi connectivity index (χ2n) is 10.1. The molecule has 182 valence electrons. The van der Waals surface area contributed by atoms with E-state index >= 15 is 0 Å². The molecule has 0 N–H and O–H groups in total. The van der Waals surface area contributed by atoms with Gasteiger partial charge in [-0.1, -0.05) is 19.8 Å². The van der Waals surface area contributed by atoms with Crippen molar-refractivity contribution in [2.75, 3.05) is 0 Å². The molecule has 4 rings (SSSR count). The predicted molar refractivity (Wildman–Crippen MR) is 120 cm³/mol. The van der Waals surface area contributed by atoms with Crippen LogP contribution in [0.2, 0.25) is 0 Å². The second-order valence-corrected chi connectivity index (χ2v) is 10.1. The molecular formula is C27H35F3O3. The Morgan fingerprint density at radius 2 is 1.64 bits per heavy atom. The van der Waals surface area contributed by atoms with Gasteiger partial charge in [-0.3, -0.25) is 4.79 Å². The summed E-state index contributed by atoms with van der Waals surface area (Å²) >= 11 is 0. The SMILES string of the molecule is CCCC1CCC(C2=COC(C3CCC(C(=O)Oc4cc(F)c(F)c(F)c4)CC3)CC2)CC1. The van der Waals surface area contributed by atoms with E-state index in [1.54, 1.807) is 0 Å². The highest BCUT2D eigenvalue weighted by molar-refractivity contribution is 5.75. The van der Waals surface area contributed by atoms with E-state index in [0.29, 0.717) is 36.8 Å². The van der Waals surface area contributed by atoms with E-state index < -0.39 is 23.4 Å². The first kappa shape index (κ1) is 24.2. The number of ether oxygens (including phenoxy) is 2. The second kappa shape index (κ2) is 11.0. The number of hydrogen-bond donors (Lipinski definition) is 0. The summed E-state index contributed by atoms with van der Waals surface area (Å²) < 4.78 is 51.1. The smallest absolute Gasteiger partial charge is 0.314 e. The zero-order valence-electron chi connectivity index (χ0n) is 19.5. The van der Waals surface area contributed by atoms with E-state index in [1.807, 2.05) is 6.26 Å². The summed E-state index contributed by atoms with van der Waals surface area (Å²) in [6, 6.07) is 1.41. The Hall–Kier alpha value is -1.98. The molecule has 1 aliphatic heterocycles. The molecule has 3 aliphatic rings. The number of allylic oxidation sites excluding steroid dienone is 1. The van der Waals surface area contributed by atoms with Gasteiger partial charge in [-0.15, -0.1) is 0 Å². The van der Waals surface area contributed by atoms with Gasteiger partial charge in [-0.2, -0.15) is 0 Å². The van der Waals surface area contributed by atoms with E-state index in [9.17, 15) is 18.0 Å². The van der Waals surface area contributed by atoms with Gasteiger partial charge in [-0.05, 0) is 87.5 Å². The van der Waals surface area contributed by atoms with Crippen molar-refractivity contribution in [1.29, 1.82) is 0 Å². The first-order valence-electron chi connectivity index (χ1n) is 12.6. The number of halogens is 3. The molecule has 0 spiro atoms. The number of hydrogen-bond acceptors (Lipinski definition) is 3. The molecule has 6 heteroatoms. The van der Waals surface area contributed by atoms with Crippen LogP contribution in [-0.2, 0) is 9.53 Å². The lowest BCUT2D eigenvalue weighted by Gasteiger charge is -2.37. The first-order chi connectivity index (χ1) is 15.9. The third-order valence-electron chi connectivity index (χ3n) is 7.99. The van der Waals surface area contributed by atoms with E-state index in [4.69, 9.17) is 9.47 Å². The van der Waals surface area contributed by atoms with Crippen molar-refractivity contribution in [2.45, 2.75) is 90.1 Å². The minimum atomic E-state index is -1.57. The Morgan fingerprint density at radius 1 is 0.970 bits per heavy atom. The van der Waals surface area contributed by atoms with Crippen molar-refractivity contribution in [2.24, 2.45) is 23.7 Å². The lowest BCUT2D eigenvalue weighted by molar-refractivity contribution is -0.140. The maximum Gasteiger partial charge on any atom is 0.314 e. The van der Waals surface area contributed by atoms with E-state index in [2.05, 4.69) is 6.92 Å². The van der Waals surface area contributed by atoms with Gasteiger partial charge >= 0.3 is 5.97 Å². The molecule has 0 bridgehead atoms. The highest BCUT2D eigenvalue weighted by atomic mass is 19.2. The number of carbonyl (C=O) groups excluding carboxylic acids is 1. The molecule has 1 unspecified atom stereocenters. The fourth-order valence-electron chi connectivity index (χ4n) is 6.01. The largest absolute Gasteiger partial charge is 0.498 e. The zero-order chi connectivity index (χ0) is 23.4. The van der Waals surface area contributed by atoms with Gasteiger partial charge < -0.3 is 9.47 Å². The predicted octanol–water partition coefficient (Wildman–Crippen LogP) is 7.49. The number of carbonyl (C=O) groups is 1. The van der Waals surface area contributed by atoms with Crippen LogP contribution >= 0.6 is 0 Å². The van der Waals surface area contributed by atoms with Gasteiger partial charge in [0.05, 0.1) is 12.2 Å². The maximum absolute atomic E-state index is 13.4. The third kappa shape index (κ3) is 5.93. The van der Waals surface area contributed by atoms with Crippen molar-refractivity contribution >= 4 is 5.97 Å². The van der Waals surface area contributed by atoms with Gasteiger partial charge in [0.15, 0.2) is 17.5 Å². The fraction of sp³-hybridized carbons (Fsp3) is 0.667. The van der Waals surface area contributed by atoms with Crippen LogP contribution in [-0.4, -0.2) is 12.1 Å². The van der Waals surface area contributed by atoms with Gasteiger partial charge in [0.2, 0.25) is 0 Å². The third-order valence-corrected chi connectivity index (χ3v) is 7.99. The Kier molecular flexibility index (Phi) is 8.02. The number of benzene rings is 1. The van der Waals surface area contributed by atoms with Crippen LogP contribution in [0.25, 0.3) is 0 Å². The molecule has 0 aromatic heterocycles. The van der Waals surface area contributed by atoms with Crippen LogP contribution in [0.4, 0.5) is 13.2 Å². The molecular weight excluding hydrogens is 429 g/mol. The van der Waals surface area contributed by atoms with Crippen molar-refractivity contribution in [1.82, 2.24) is 0 Å². The normalized spacial score (nSPS) is 30.3. The topological polar surface area (TPSA) is 35.5 Å². The molecule has 1 atom stereocenters. The summed E-state index contributed by atoms with van der Waals surface area (Å²) in [5, 5.41) is 0. The van der Waals surface area contributed by atoms with Crippen molar-refractivity contribution in [3.05, 3.63) is 41.4 Å². The lowest BCUT2D eigenvalue weighted by Crippen LogP contribution is -2.33. The average molecular weight is 465 g/mol. The Labute approximate surface area is 194 Å². The summed E-state index contributed by atoms with van der Waals surface area (Å²) in [4.78, 5) is 12.4. The molecule has 0 saturated heterocycles. The number of rotatable bonds is 6. The fourth-order valence-corrected chi connectivity index (χ4v) is 6.01. The van der Waals surface area contributed by atoms with Crippen LogP contribution in [0.5, 0.6) is 5.75 Å². The van der Waals surface area contributed by atoms with Gasteiger partial charge in [0.1, 0.15) is 11.9 Å². The Balaban J connectivity index is 1.22. The Bertz CT molecular complexity index is 829. The summed E-state index contributed by atoms with van der Waals surface area (Å²) in [6.45, 7) is 2.27. The first-order valence-corrected chi connectivity index (χ1v) is 12.6. The molecule has 2 aliphatic carbocycles. The summed E-state index contributed by atoms with van der Waals surface area (Å²) in [7, 11) is 0. The molecule has 33 heavy (non-hydrogen) atoms. The highest BCUT2D eigenvalue weighted by Crippen LogP contribution is 2.41. The van der Waals surface area contributed by atoms with E-state index in [-0.39, 0.29) is 17.8 Å². The van der Waals surface area contributed by atoms with Crippen LogP contribution in [0.15, 0.2) is 24.0 Å². The van der Waals surface area contributed by atoms with E-state index in [1.165, 1.54) is 44.1 Å². The minimum absolute atomic E-state index is 0.197.